The van der Waals surface area contributed by atoms with Gasteiger partial charge in [0.2, 0.25) is 0 Å². The van der Waals surface area contributed by atoms with Gasteiger partial charge in [-0.2, -0.15) is 0 Å². The Balaban J connectivity index is 2.53. The van der Waals surface area contributed by atoms with E-state index in [1.54, 1.807) is 11.9 Å². The maximum atomic E-state index is 11.5. The Morgan fingerprint density at radius 1 is 1.29 bits per heavy atom. The van der Waals surface area contributed by atoms with Crippen LogP contribution in [0.25, 0.3) is 0 Å². The van der Waals surface area contributed by atoms with Crippen LogP contribution in [0.1, 0.15) is 19.4 Å². The average Bonchev–Trinajstić information content (AvgIpc) is 2.32. The molecular formula is C13H20N2O2. The van der Waals surface area contributed by atoms with Crippen molar-refractivity contribution < 1.29 is 9.53 Å². The van der Waals surface area contributed by atoms with Crippen LogP contribution in [0.5, 0.6) is 5.75 Å². The molecule has 0 aromatic heterocycles. The largest absolute Gasteiger partial charge is 0.494 e. The lowest BCUT2D eigenvalue weighted by atomic mass is 10.2. The summed E-state index contributed by atoms with van der Waals surface area (Å²) >= 11 is 0. The van der Waals surface area contributed by atoms with Crippen LogP contribution in [0.2, 0.25) is 0 Å². The standard InChI is InChI=1S/C13H20N2O2/c1-4-14-13(16)15(3)10-11-6-8-12(9-7-11)17-5-2/h6-9H,4-5,10H2,1-3H3,(H,14,16). The molecule has 94 valence electrons. The number of hydrogen-bond acceptors (Lipinski definition) is 2. The Bertz CT molecular complexity index is 349. The van der Waals surface area contributed by atoms with E-state index in [0.717, 1.165) is 11.3 Å². The minimum atomic E-state index is -0.0543. The highest BCUT2D eigenvalue weighted by Gasteiger charge is 2.07. The van der Waals surface area contributed by atoms with E-state index in [-0.39, 0.29) is 6.03 Å². The molecular weight excluding hydrogens is 216 g/mol. The Morgan fingerprint density at radius 2 is 1.94 bits per heavy atom. The summed E-state index contributed by atoms with van der Waals surface area (Å²) < 4.78 is 5.36. The maximum Gasteiger partial charge on any atom is 0.317 e. The molecule has 0 radical (unpaired) electrons. The molecule has 1 aromatic carbocycles. The van der Waals surface area contributed by atoms with E-state index >= 15 is 0 Å². The van der Waals surface area contributed by atoms with E-state index < -0.39 is 0 Å². The van der Waals surface area contributed by atoms with Crippen LogP contribution < -0.4 is 10.1 Å². The summed E-state index contributed by atoms with van der Waals surface area (Å²) in [5.74, 6) is 0.858. The van der Waals surface area contributed by atoms with Crippen LogP contribution in [0.4, 0.5) is 4.79 Å². The van der Waals surface area contributed by atoms with E-state index in [2.05, 4.69) is 5.32 Å². The van der Waals surface area contributed by atoms with E-state index in [1.807, 2.05) is 38.1 Å². The van der Waals surface area contributed by atoms with Gasteiger partial charge in [0.25, 0.3) is 0 Å². The first kappa shape index (κ1) is 13.4. The number of ether oxygens (including phenoxy) is 1. The molecule has 0 aliphatic heterocycles. The second-order valence-corrected chi connectivity index (χ2v) is 3.77. The van der Waals surface area contributed by atoms with Crippen molar-refractivity contribution >= 4 is 6.03 Å². The fourth-order valence-electron chi connectivity index (χ4n) is 1.49. The zero-order chi connectivity index (χ0) is 12.7. The highest BCUT2D eigenvalue weighted by Crippen LogP contribution is 2.13. The Hall–Kier alpha value is -1.71. The van der Waals surface area contributed by atoms with Crippen molar-refractivity contribution in [2.24, 2.45) is 0 Å². The molecule has 0 heterocycles. The van der Waals surface area contributed by atoms with Crippen molar-refractivity contribution in [3.05, 3.63) is 29.8 Å². The van der Waals surface area contributed by atoms with Gasteiger partial charge in [0, 0.05) is 20.1 Å². The highest BCUT2D eigenvalue weighted by atomic mass is 16.5. The Kier molecular flexibility index (Phi) is 5.33. The molecule has 0 aliphatic rings. The monoisotopic (exact) mass is 236 g/mol. The van der Waals surface area contributed by atoms with Crippen molar-refractivity contribution in [2.45, 2.75) is 20.4 Å². The summed E-state index contributed by atoms with van der Waals surface area (Å²) in [6.45, 7) is 5.77. The van der Waals surface area contributed by atoms with Crippen LogP contribution >= 0.6 is 0 Å². The summed E-state index contributed by atoms with van der Waals surface area (Å²) in [4.78, 5) is 13.2. The molecule has 2 amide bonds. The van der Waals surface area contributed by atoms with Gasteiger partial charge in [-0.3, -0.25) is 0 Å². The van der Waals surface area contributed by atoms with Gasteiger partial charge in [-0.1, -0.05) is 12.1 Å². The van der Waals surface area contributed by atoms with Gasteiger partial charge < -0.3 is 15.0 Å². The molecule has 17 heavy (non-hydrogen) atoms. The lowest BCUT2D eigenvalue weighted by molar-refractivity contribution is 0.207. The third kappa shape index (κ3) is 4.34. The SMILES string of the molecule is CCNC(=O)N(C)Cc1ccc(OCC)cc1. The van der Waals surface area contributed by atoms with Gasteiger partial charge in [0.05, 0.1) is 6.61 Å². The van der Waals surface area contributed by atoms with Gasteiger partial charge >= 0.3 is 6.03 Å². The first-order chi connectivity index (χ1) is 8.17. The van der Waals surface area contributed by atoms with Crippen LogP contribution in [0.3, 0.4) is 0 Å². The number of benzene rings is 1. The second kappa shape index (κ2) is 6.78. The molecule has 0 aliphatic carbocycles. The van der Waals surface area contributed by atoms with Crippen molar-refractivity contribution in [2.75, 3.05) is 20.2 Å². The van der Waals surface area contributed by atoms with Crippen molar-refractivity contribution in [1.29, 1.82) is 0 Å². The topological polar surface area (TPSA) is 41.6 Å². The smallest absolute Gasteiger partial charge is 0.317 e. The van der Waals surface area contributed by atoms with Gasteiger partial charge in [-0.15, -0.1) is 0 Å². The van der Waals surface area contributed by atoms with E-state index in [0.29, 0.717) is 19.7 Å². The maximum absolute atomic E-state index is 11.5. The minimum absolute atomic E-state index is 0.0543. The Morgan fingerprint density at radius 3 is 2.47 bits per heavy atom. The number of nitrogens with one attached hydrogen (secondary N) is 1. The zero-order valence-corrected chi connectivity index (χ0v) is 10.7. The molecule has 0 unspecified atom stereocenters. The fraction of sp³-hybridized carbons (Fsp3) is 0.462. The van der Waals surface area contributed by atoms with Gasteiger partial charge in [0.15, 0.2) is 0 Å². The zero-order valence-electron chi connectivity index (χ0n) is 10.7. The highest BCUT2D eigenvalue weighted by molar-refractivity contribution is 5.73. The van der Waals surface area contributed by atoms with Crippen molar-refractivity contribution in [3.8, 4) is 5.75 Å². The third-order valence-corrected chi connectivity index (χ3v) is 2.33. The number of hydrogen-bond donors (Lipinski definition) is 1. The Labute approximate surface area is 103 Å². The second-order valence-electron chi connectivity index (χ2n) is 3.77. The molecule has 0 atom stereocenters. The predicted octanol–water partition coefficient (Wildman–Crippen LogP) is 2.25. The fourth-order valence-corrected chi connectivity index (χ4v) is 1.49. The number of nitrogens with zero attached hydrogens (tertiary/aromatic N) is 1. The molecule has 1 aromatic rings. The summed E-state index contributed by atoms with van der Waals surface area (Å²) in [5, 5.41) is 2.76. The third-order valence-electron chi connectivity index (χ3n) is 2.33. The predicted molar refractivity (Wildman–Crippen MR) is 68.2 cm³/mol. The lowest BCUT2D eigenvalue weighted by Gasteiger charge is -2.17. The quantitative estimate of drug-likeness (QED) is 0.852. The normalized spacial score (nSPS) is 9.82. The van der Waals surface area contributed by atoms with Gasteiger partial charge in [0.1, 0.15) is 5.75 Å². The van der Waals surface area contributed by atoms with Gasteiger partial charge in [-0.25, -0.2) is 4.79 Å². The van der Waals surface area contributed by atoms with Crippen LogP contribution in [0, 0.1) is 0 Å². The minimum Gasteiger partial charge on any atom is -0.494 e. The molecule has 4 nitrogen and oxygen atoms in total. The first-order valence-corrected chi connectivity index (χ1v) is 5.88. The van der Waals surface area contributed by atoms with E-state index in [4.69, 9.17) is 4.74 Å². The summed E-state index contributed by atoms with van der Waals surface area (Å²) in [5.41, 5.74) is 1.09. The van der Waals surface area contributed by atoms with Gasteiger partial charge in [-0.05, 0) is 31.5 Å². The first-order valence-electron chi connectivity index (χ1n) is 5.88. The van der Waals surface area contributed by atoms with Crippen LogP contribution in [0.15, 0.2) is 24.3 Å². The number of rotatable bonds is 5. The number of carbonyl (C=O) groups excluding carboxylic acids is 1. The molecule has 4 heteroatoms. The van der Waals surface area contributed by atoms with E-state index in [9.17, 15) is 4.79 Å². The number of carbonyl (C=O) groups is 1. The van der Waals surface area contributed by atoms with Crippen LogP contribution in [-0.2, 0) is 6.54 Å². The lowest BCUT2D eigenvalue weighted by Crippen LogP contribution is -2.36. The molecule has 1 N–H and O–H groups in total. The van der Waals surface area contributed by atoms with Crippen molar-refractivity contribution in [3.63, 3.8) is 0 Å². The summed E-state index contributed by atoms with van der Waals surface area (Å²) in [7, 11) is 1.78. The summed E-state index contributed by atoms with van der Waals surface area (Å²) in [6, 6.07) is 7.73. The van der Waals surface area contributed by atoms with Crippen molar-refractivity contribution in [1.82, 2.24) is 10.2 Å². The molecule has 1 rings (SSSR count). The molecule has 0 saturated heterocycles. The molecule has 0 spiro atoms. The number of urea groups is 1. The molecule has 0 saturated carbocycles. The summed E-state index contributed by atoms with van der Waals surface area (Å²) in [6.07, 6.45) is 0. The average molecular weight is 236 g/mol. The molecule has 0 bridgehead atoms. The van der Waals surface area contributed by atoms with E-state index in [1.165, 1.54) is 0 Å². The van der Waals surface area contributed by atoms with Crippen LogP contribution in [-0.4, -0.2) is 31.1 Å². The number of amides is 2. The molecule has 0 fully saturated rings.